The first-order valence-electron chi connectivity index (χ1n) is 11.5. The van der Waals surface area contributed by atoms with E-state index in [1.54, 1.807) is 28.8 Å². The van der Waals surface area contributed by atoms with Crippen molar-refractivity contribution in [3.63, 3.8) is 0 Å². The van der Waals surface area contributed by atoms with Crippen LogP contribution in [-0.2, 0) is 9.59 Å². The molecule has 1 saturated carbocycles. The molecule has 0 bridgehead atoms. The average Bonchev–Trinajstić information content (AvgIpc) is 2.83. The molecule has 0 aliphatic heterocycles. The summed E-state index contributed by atoms with van der Waals surface area (Å²) >= 11 is 0. The predicted octanol–water partition coefficient (Wildman–Crippen LogP) is 3.38. The molecule has 4 rings (SSSR count). The number of carboxylic acid groups (broad SMARTS) is 1. The number of carboxylic acids is 1. The normalized spacial score (nSPS) is 18.0. The lowest BCUT2D eigenvalue weighted by Gasteiger charge is -2.28. The molecule has 1 fully saturated rings. The van der Waals surface area contributed by atoms with Gasteiger partial charge in [-0.1, -0.05) is 25.5 Å². The maximum absolute atomic E-state index is 13.6. The Hall–Kier alpha value is -3.82. The van der Waals surface area contributed by atoms with Crippen LogP contribution < -0.4 is 16.6 Å². The van der Waals surface area contributed by atoms with Gasteiger partial charge >= 0.3 is 5.97 Å². The first-order chi connectivity index (χ1) is 16.4. The number of benzene rings is 1. The van der Waals surface area contributed by atoms with Crippen LogP contribution >= 0.6 is 0 Å². The smallest absolute Gasteiger partial charge is 0.306 e. The number of nitrogens with two attached hydrogens (primary N) is 1. The van der Waals surface area contributed by atoms with Crippen LogP contribution in [0.4, 0.5) is 11.5 Å². The number of hydrogen-bond donors (Lipinski definition) is 3. The molecule has 0 atom stereocenters. The lowest BCUT2D eigenvalue weighted by molar-refractivity contribution is -0.143. The third-order valence-corrected chi connectivity index (χ3v) is 6.32. The van der Waals surface area contributed by atoms with E-state index in [2.05, 4.69) is 20.3 Å². The predicted molar refractivity (Wildman–Crippen MR) is 128 cm³/mol. The highest BCUT2D eigenvalue weighted by Crippen LogP contribution is 2.33. The number of carbonyl (C=O) groups is 2. The van der Waals surface area contributed by atoms with Crippen molar-refractivity contribution < 1.29 is 14.7 Å². The third kappa shape index (κ3) is 4.75. The molecular weight excluding hydrogens is 436 g/mol. The van der Waals surface area contributed by atoms with E-state index in [9.17, 15) is 19.5 Å². The molecule has 10 nitrogen and oxygen atoms in total. The Morgan fingerprint density at radius 3 is 2.50 bits per heavy atom. The summed E-state index contributed by atoms with van der Waals surface area (Å²) in [6, 6.07) is 6.72. The molecule has 10 heteroatoms. The molecule has 2 heterocycles. The fraction of sp³-hybridized carbons (Fsp3) is 0.417. The summed E-state index contributed by atoms with van der Waals surface area (Å²) in [6.07, 6.45) is 5.58. The van der Waals surface area contributed by atoms with E-state index in [0.717, 1.165) is 12.8 Å². The number of amides is 1. The van der Waals surface area contributed by atoms with E-state index >= 15 is 0 Å². The second kappa shape index (κ2) is 9.98. The minimum absolute atomic E-state index is 0.0531. The number of nitrogen functional groups attached to an aromatic ring is 1. The Labute approximate surface area is 196 Å². The van der Waals surface area contributed by atoms with Gasteiger partial charge in [-0.15, -0.1) is 0 Å². The number of unbranched alkanes of at least 4 members (excludes halogenated alkanes) is 1. The van der Waals surface area contributed by atoms with Crippen molar-refractivity contribution in [2.24, 2.45) is 5.92 Å². The molecule has 0 unspecified atom stereocenters. The molecule has 3 aromatic rings. The van der Waals surface area contributed by atoms with E-state index in [1.807, 2.05) is 6.92 Å². The number of hydrogen-bond acceptors (Lipinski definition) is 7. The van der Waals surface area contributed by atoms with Gasteiger partial charge in [-0.25, -0.2) is 15.0 Å². The number of rotatable bonds is 7. The van der Waals surface area contributed by atoms with E-state index in [4.69, 9.17) is 5.73 Å². The molecule has 34 heavy (non-hydrogen) atoms. The lowest BCUT2D eigenvalue weighted by atomic mass is 9.86. The second-order valence-electron chi connectivity index (χ2n) is 8.64. The van der Waals surface area contributed by atoms with E-state index in [1.165, 1.54) is 6.33 Å². The first kappa shape index (κ1) is 23.3. The van der Waals surface area contributed by atoms with Crippen molar-refractivity contribution in [1.82, 2.24) is 19.5 Å². The fourth-order valence-corrected chi connectivity index (χ4v) is 4.42. The molecule has 1 aliphatic carbocycles. The van der Waals surface area contributed by atoms with Crippen LogP contribution in [0, 0.1) is 5.92 Å². The summed E-state index contributed by atoms with van der Waals surface area (Å²) in [6.45, 7) is 2.03. The maximum Gasteiger partial charge on any atom is 0.306 e. The summed E-state index contributed by atoms with van der Waals surface area (Å²) in [5.41, 5.74) is 7.86. The van der Waals surface area contributed by atoms with Gasteiger partial charge in [-0.3, -0.25) is 19.0 Å². The third-order valence-electron chi connectivity index (χ3n) is 6.32. The maximum atomic E-state index is 13.6. The fourth-order valence-electron chi connectivity index (χ4n) is 4.42. The van der Waals surface area contributed by atoms with Crippen LogP contribution in [-0.4, -0.2) is 36.5 Å². The Kier molecular flexibility index (Phi) is 6.85. The van der Waals surface area contributed by atoms with Crippen molar-refractivity contribution >= 4 is 34.5 Å². The summed E-state index contributed by atoms with van der Waals surface area (Å²) in [4.78, 5) is 49.8. The zero-order valence-corrected chi connectivity index (χ0v) is 19.0. The summed E-state index contributed by atoms with van der Waals surface area (Å²) < 4.78 is 1.59. The van der Waals surface area contributed by atoms with Gasteiger partial charge in [0.15, 0.2) is 11.5 Å². The topological polar surface area (TPSA) is 153 Å². The molecule has 178 valence electrons. The van der Waals surface area contributed by atoms with Crippen LogP contribution in [0.25, 0.3) is 22.4 Å². The minimum atomic E-state index is -0.806. The first-order valence-corrected chi connectivity index (χ1v) is 11.5. The van der Waals surface area contributed by atoms with Gasteiger partial charge in [0.2, 0.25) is 5.91 Å². The molecule has 2 aromatic heterocycles. The Morgan fingerprint density at radius 1 is 1.15 bits per heavy atom. The molecule has 1 aliphatic rings. The number of anilines is 2. The van der Waals surface area contributed by atoms with Crippen molar-refractivity contribution in [2.45, 2.75) is 57.9 Å². The highest BCUT2D eigenvalue weighted by Gasteiger charge is 2.29. The molecule has 1 aromatic carbocycles. The monoisotopic (exact) mass is 464 g/mol. The van der Waals surface area contributed by atoms with Crippen molar-refractivity contribution in [2.75, 3.05) is 11.1 Å². The van der Waals surface area contributed by atoms with Gasteiger partial charge in [-0.2, -0.15) is 0 Å². The molecule has 0 radical (unpaired) electrons. The standard InChI is InChI=1S/C24H28N6O4/c1-2-3-4-18(31)28-16-9-5-14(6-10-16)19-23(32)30(17-11-7-15(8-12-17)24(33)34)22-20(29-19)21(25)26-13-27-22/h5-6,9-10,13,15,17H,2-4,7-8,11-12H2,1H3,(H,28,31)(H,33,34)(H2,25,26,27). The van der Waals surface area contributed by atoms with Crippen molar-refractivity contribution in [3.8, 4) is 11.3 Å². The molecule has 4 N–H and O–H groups in total. The molecule has 0 spiro atoms. The Morgan fingerprint density at radius 2 is 1.85 bits per heavy atom. The summed E-state index contributed by atoms with van der Waals surface area (Å²) in [5, 5.41) is 12.2. The van der Waals surface area contributed by atoms with E-state index in [-0.39, 0.29) is 29.0 Å². The Balaban J connectivity index is 1.71. The van der Waals surface area contributed by atoms with Crippen LogP contribution in [0.15, 0.2) is 35.4 Å². The molecule has 0 saturated heterocycles. The zero-order chi connectivity index (χ0) is 24.2. The van der Waals surface area contributed by atoms with Crippen LogP contribution in [0.1, 0.15) is 57.9 Å². The highest BCUT2D eigenvalue weighted by atomic mass is 16.4. The van der Waals surface area contributed by atoms with E-state index in [0.29, 0.717) is 54.5 Å². The number of nitrogens with zero attached hydrogens (tertiary/aromatic N) is 4. The highest BCUT2D eigenvalue weighted by molar-refractivity contribution is 5.91. The van der Waals surface area contributed by atoms with Crippen LogP contribution in [0.5, 0.6) is 0 Å². The number of fused-ring (bicyclic) bond motifs is 1. The zero-order valence-electron chi connectivity index (χ0n) is 19.0. The molecular formula is C24H28N6O4. The largest absolute Gasteiger partial charge is 0.481 e. The average molecular weight is 465 g/mol. The molecule has 1 amide bonds. The Bertz CT molecular complexity index is 1260. The van der Waals surface area contributed by atoms with Gasteiger partial charge in [0.25, 0.3) is 5.56 Å². The van der Waals surface area contributed by atoms with Crippen LogP contribution in [0.3, 0.4) is 0 Å². The van der Waals surface area contributed by atoms with Gasteiger partial charge in [0.05, 0.1) is 5.92 Å². The number of aromatic nitrogens is 4. The quantitative estimate of drug-likeness (QED) is 0.481. The van der Waals surface area contributed by atoms with Gasteiger partial charge in [0.1, 0.15) is 17.5 Å². The summed E-state index contributed by atoms with van der Waals surface area (Å²) in [7, 11) is 0. The van der Waals surface area contributed by atoms with Gasteiger partial charge in [0, 0.05) is 23.7 Å². The van der Waals surface area contributed by atoms with Crippen LogP contribution in [0.2, 0.25) is 0 Å². The SMILES string of the molecule is CCCCC(=O)Nc1ccc(-c2nc3c(N)ncnc3n(C3CCC(C(=O)O)CC3)c2=O)cc1. The lowest BCUT2D eigenvalue weighted by Crippen LogP contribution is -2.32. The van der Waals surface area contributed by atoms with E-state index < -0.39 is 11.9 Å². The minimum Gasteiger partial charge on any atom is -0.481 e. The van der Waals surface area contributed by atoms with Crippen molar-refractivity contribution in [3.05, 3.63) is 40.9 Å². The second-order valence-corrected chi connectivity index (χ2v) is 8.64. The number of nitrogens with one attached hydrogen (secondary N) is 1. The summed E-state index contributed by atoms with van der Waals surface area (Å²) in [5.74, 6) is -1.10. The van der Waals surface area contributed by atoms with Crippen molar-refractivity contribution in [1.29, 1.82) is 0 Å². The number of aliphatic carboxylic acids is 1. The number of carbonyl (C=O) groups excluding carboxylic acids is 1. The van der Waals surface area contributed by atoms with Gasteiger partial charge < -0.3 is 16.2 Å². The van der Waals surface area contributed by atoms with Gasteiger partial charge in [-0.05, 0) is 44.2 Å².